The number of aryl methyl sites for hydroxylation is 2. The summed E-state index contributed by atoms with van der Waals surface area (Å²) >= 11 is 0. The normalized spacial score (nSPS) is 15.7. The Labute approximate surface area is 218 Å². The first-order chi connectivity index (χ1) is 17.5. The molecule has 1 aliphatic rings. The number of esters is 1. The first kappa shape index (κ1) is 27.8. The van der Waals surface area contributed by atoms with E-state index >= 15 is 0 Å². The number of likely N-dealkylation sites (tertiary alicyclic amines) is 1. The number of rotatable bonds is 6. The van der Waals surface area contributed by atoms with Gasteiger partial charge < -0.3 is 24.1 Å². The molecule has 0 unspecified atom stereocenters. The molecule has 9 heteroatoms. The molecular weight excluding hydrogens is 472 g/mol. The number of carbonyl (C=O) groups is 2. The summed E-state index contributed by atoms with van der Waals surface area (Å²) in [5.74, 6) is -0.206. The van der Waals surface area contributed by atoms with Crippen LogP contribution in [0.4, 0.5) is 4.79 Å². The quantitative estimate of drug-likeness (QED) is 0.335. The van der Waals surface area contributed by atoms with Crippen molar-refractivity contribution in [2.75, 3.05) is 26.7 Å². The summed E-state index contributed by atoms with van der Waals surface area (Å²) in [6.45, 7) is 12.3. The summed E-state index contributed by atoms with van der Waals surface area (Å²) in [5.41, 5.74) is 2.41. The molecule has 1 amide bonds. The minimum atomic E-state index is -0.676. The van der Waals surface area contributed by atoms with Gasteiger partial charge in [-0.05, 0) is 66.5 Å². The monoisotopic (exact) mass is 508 g/mol. The van der Waals surface area contributed by atoms with Crippen molar-refractivity contribution in [2.45, 2.75) is 66.0 Å². The SMILES string of the molecule is CCOC(=O)C(=N/C)/C(C#N)=C(\NC1CCN(C(=O)OC(C)(C)C)CC1)c1oc2ccc(C)cc2c1C. The third-order valence-electron chi connectivity index (χ3n) is 6.10. The number of hydrogen-bond donors (Lipinski definition) is 1. The van der Waals surface area contributed by atoms with E-state index in [0.717, 1.165) is 16.5 Å². The van der Waals surface area contributed by atoms with Crippen molar-refractivity contribution in [3.05, 3.63) is 40.7 Å². The van der Waals surface area contributed by atoms with E-state index in [-0.39, 0.29) is 30.0 Å². The van der Waals surface area contributed by atoms with Gasteiger partial charge in [0.15, 0.2) is 11.5 Å². The molecule has 1 aliphatic heterocycles. The number of nitriles is 1. The fraction of sp³-hybridized carbons (Fsp3) is 0.500. The van der Waals surface area contributed by atoms with Gasteiger partial charge in [-0.1, -0.05) is 11.6 Å². The van der Waals surface area contributed by atoms with Crippen molar-refractivity contribution in [1.29, 1.82) is 5.26 Å². The van der Waals surface area contributed by atoms with Crippen LogP contribution in [-0.4, -0.2) is 61.1 Å². The zero-order valence-corrected chi connectivity index (χ0v) is 22.7. The summed E-state index contributed by atoms with van der Waals surface area (Å²) in [7, 11) is 1.45. The highest BCUT2D eigenvalue weighted by Gasteiger charge is 2.31. The number of carbonyl (C=O) groups excluding carboxylic acids is 2. The molecule has 0 spiro atoms. The lowest BCUT2D eigenvalue weighted by molar-refractivity contribution is -0.134. The molecule has 2 aromatic rings. The van der Waals surface area contributed by atoms with Gasteiger partial charge in [0.1, 0.15) is 22.8 Å². The summed E-state index contributed by atoms with van der Waals surface area (Å²) < 4.78 is 16.9. The minimum absolute atomic E-state index is 0.0504. The van der Waals surface area contributed by atoms with Gasteiger partial charge in [-0.3, -0.25) is 4.99 Å². The number of nitrogens with zero attached hydrogens (tertiary/aromatic N) is 3. The minimum Gasteiger partial charge on any atom is -0.461 e. The standard InChI is InChI=1S/C28H36N4O5/c1-8-35-26(33)24(30-7)21(16-29)23(25-18(3)20-15-17(2)9-10-22(20)36-25)31-19-11-13-32(14-12-19)27(34)37-28(4,5)6/h9-10,15,19,31H,8,11-14H2,1-7H3/b23-21-,30-24+. The maximum Gasteiger partial charge on any atom is 0.410 e. The molecule has 0 radical (unpaired) electrons. The molecule has 0 saturated carbocycles. The zero-order valence-electron chi connectivity index (χ0n) is 22.7. The van der Waals surface area contributed by atoms with Crippen LogP contribution < -0.4 is 5.32 Å². The van der Waals surface area contributed by atoms with Crippen LogP contribution in [0.2, 0.25) is 0 Å². The van der Waals surface area contributed by atoms with Gasteiger partial charge in [0.25, 0.3) is 0 Å². The second-order valence-corrected chi connectivity index (χ2v) is 10.1. The third-order valence-corrected chi connectivity index (χ3v) is 6.10. The number of furan rings is 1. The van der Waals surface area contributed by atoms with E-state index in [0.29, 0.717) is 43.0 Å². The number of amides is 1. The lowest BCUT2D eigenvalue weighted by atomic mass is 10.00. The highest BCUT2D eigenvalue weighted by Crippen LogP contribution is 2.32. The third kappa shape index (κ3) is 6.50. The fourth-order valence-electron chi connectivity index (χ4n) is 4.29. The molecule has 37 heavy (non-hydrogen) atoms. The summed E-state index contributed by atoms with van der Waals surface area (Å²) in [6.07, 6.45) is 0.904. The van der Waals surface area contributed by atoms with Gasteiger partial charge >= 0.3 is 12.1 Å². The topological polar surface area (TPSA) is 117 Å². The Morgan fingerprint density at radius 3 is 2.49 bits per heavy atom. The first-order valence-electron chi connectivity index (χ1n) is 12.5. The van der Waals surface area contributed by atoms with E-state index in [4.69, 9.17) is 13.9 Å². The molecule has 1 saturated heterocycles. The largest absolute Gasteiger partial charge is 0.461 e. The number of aliphatic imine (C=N–C) groups is 1. The van der Waals surface area contributed by atoms with E-state index in [2.05, 4.69) is 16.4 Å². The van der Waals surface area contributed by atoms with E-state index < -0.39 is 11.6 Å². The average Bonchev–Trinajstić information content (AvgIpc) is 3.16. The van der Waals surface area contributed by atoms with Crippen LogP contribution in [0.1, 0.15) is 57.4 Å². The van der Waals surface area contributed by atoms with Gasteiger partial charge in [-0.25, -0.2) is 9.59 Å². The highest BCUT2D eigenvalue weighted by atomic mass is 16.6. The van der Waals surface area contributed by atoms with Gasteiger partial charge in [-0.15, -0.1) is 0 Å². The Balaban J connectivity index is 2.00. The van der Waals surface area contributed by atoms with Crippen LogP contribution >= 0.6 is 0 Å². The van der Waals surface area contributed by atoms with Gasteiger partial charge in [-0.2, -0.15) is 5.26 Å². The van der Waals surface area contributed by atoms with Crippen molar-refractivity contribution in [2.24, 2.45) is 4.99 Å². The van der Waals surface area contributed by atoms with Crippen molar-refractivity contribution < 1.29 is 23.5 Å². The van der Waals surface area contributed by atoms with Crippen LogP contribution in [0.25, 0.3) is 16.7 Å². The average molecular weight is 509 g/mol. The number of nitrogens with one attached hydrogen (secondary N) is 1. The second kappa shape index (κ2) is 11.5. The van der Waals surface area contributed by atoms with Crippen molar-refractivity contribution in [3.63, 3.8) is 0 Å². The zero-order chi connectivity index (χ0) is 27.3. The predicted octanol–water partition coefficient (Wildman–Crippen LogP) is 4.91. The van der Waals surface area contributed by atoms with Crippen molar-refractivity contribution in [1.82, 2.24) is 10.2 Å². The molecule has 1 fully saturated rings. The lowest BCUT2D eigenvalue weighted by Crippen LogP contribution is -2.46. The molecule has 1 N–H and O–H groups in total. The number of ether oxygens (including phenoxy) is 2. The Kier molecular flexibility index (Phi) is 8.64. The van der Waals surface area contributed by atoms with E-state index in [1.165, 1.54) is 7.05 Å². The molecule has 1 aromatic heterocycles. The molecule has 0 aliphatic carbocycles. The van der Waals surface area contributed by atoms with Gasteiger partial charge in [0, 0.05) is 37.1 Å². The molecule has 0 atom stereocenters. The Hall–Kier alpha value is -3.80. The number of benzene rings is 1. The van der Waals surface area contributed by atoms with Gasteiger partial charge in [0.05, 0.1) is 12.3 Å². The van der Waals surface area contributed by atoms with Crippen molar-refractivity contribution >= 4 is 34.4 Å². The Bertz CT molecular complexity index is 1270. The highest BCUT2D eigenvalue weighted by molar-refractivity contribution is 6.45. The summed E-state index contributed by atoms with van der Waals surface area (Å²) in [6, 6.07) is 7.96. The number of hydrogen-bond acceptors (Lipinski definition) is 8. The smallest absolute Gasteiger partial charge is 0.410 e. The summed E-state index contributed by atoms with van der Waals surface area (Å²) in [5, 5.41) is 14.6. The number of piperidine rings is 1. The Morgan fingerprint density at radius 1 is 1.24 bits per heavy atom. The van der Waals surface area contributed by atoms with E-state index in [1.54, 1.807) is 11.8 Å². The molecule has 2 heterocycles. The molecule has 9 nitrogen and oxygen atoms in total. The van der Waals surface area contributed by atoms with Gasteiger partial charge in [0.2, 0.25) is 0 Å². The first-order valence-corrected chi connectivity index (χ1v) is 12.5. The predicted molar refractivity (Wildman–Crippen MR) is 142 cm³/mol. The maximum atomic E-state index is 12.7. The van der Waals surface area contributed by atoms with E-state index in [1.807, 2.05) is 52.8 Å². The van der Waals surface area contributed by atoms with Crippen LogP contribution in [0.5, 0.6) is 0 Å². The molecule has 198 valence electrons. The second-order valence-electron chi connectivity index (χ2n) is 10.1. The maximum absolute atomic E-state index is 12.7. The number of fused-ring (bicyclic) bond motifs is 1. The Morgan fingerprint density at radius 2 is 1.92 bits per heavy atom. The van der Waals surface area contributed by atoms with E-state index in [9.17, 15) is 14.9 Å². The molecule has 3 rings (SSSR count). The van der Waals surface area contributed by atoms with Crippen LogP contribution in [0, 0.1) is 25.2 Å². The lowest BCUT2D eigenvalue weighted by Gasteiger charge is -2.34. The summed E-state index contributed by atoms with van der Waals surface area (Å²) in [4.78, 5) is 31.0. The van der Waals surface area contributed by atoms with Crippen molar-refractivity contribution in [3.8, 4) is 6.07 Å². The van der Waals surface area contributed by atoms with Crippen LogP contribution in [0.15, 0.2) is 33.2 Å². The fourth-order valence-corrected chi connectivity index (χ4v) is 4.29. The molecule has 1 aromatic carbocycles. The van der Waals surface area contributed by atoms with Crippen LogP contribution in [-0.2, 0) is 14.3 Å². The van der Waals surface area contributed by atoms with Crippen LogP contribution in [0.3, 0.4) is 0 Å². The molecule has 0 bridgehead atoms. The molecular formula is C28H36N4O5.